The van der Waals surface area contributed by atoms with Crippen molar-refractivity contribution in [2.75, 3.05) is 25.0 Å². The first-order valence-corrected chi connectivity index (χ1v) is 6.63. The van der Waals surface area contributed by atoms with Crippen LogP contribution in [0.3, 0.4) is 0 Å². The second-order valence-corrected chi connectivity index (χ2v) is 5.44. The summed E-state index contributed by atoms with van der Waals surface area (Å²) < 4.78 is 0. The lowest BCUT2D eigenvalue weighted by Gasteiger charge is -2.27. The van der Waals surface area contributed by atoms with Crippen molar-refractivity contribution in [1.82, 2.24) is 5.32 Å². The van der Waals surface area contributed by atoms with E-state index in [0.717, 1.165) is 19.5 Å². The number of aliphatic hydroxyl groups is 1. The normalized spacial score (nSPS) is 13.4. The Morgan fingerprint density at radius 1 is 1.28 bits per heavy atom. The molecule has 18 heavy (non-hydrogen) atoms. The number of nitrogens with one attached hydrogen (secondary N) is 1. The van der Waals surface area contributed by atoms with Crippen LogP contribution >= 0.6 is 0 Å². The SMILES string of the molecule is CC(NCCCN(C)c1ccccc1)C(C)(C)O. The van der Waals surface area contributed by atoms with Crippen LogP contribution < -0.4 is 10.2 Å². The summed E-state index contributed by atoms with van der Waals surface area (Å²) in [5.74, 6) is 0. The predicted molar refractivity (Wildman–Crippen MR) is 78.1 cm³/mol. The molecule has 1 rings (SSSR count). The molecule has 0 heterocycles. The van der Waals surface area contributed by atoms with Gasteiger partial charge in [0, 0.05) is 25.3 Å². The fourth-order valence-electron chi connectivity index (χ4n) is 1.70. The maximum atomic E-state index is 9.80. The van der Waals surface area contributed by atoms with Gasteiger partial charge in [-0.3, -0.25) is 0 Å². The van der Waals surface area contributed by atoms with E-state index >= 15 is 0 Å². The molecule has 0 fully saturated rings. The van der Waals surface area contributed by atoms with E-state index in [2.05, 4.69) is 41.5 Å². The van der Waals surface area contributed by atoms with Crippen LogP contribution in [0.4, 0.5) is 5.69 Å². The Bertz CT molecular complexity index is 332. The first kappa shape index (κ1) is 15.0. The Labute approximate surface area is 111 Å². The van der Waals surface area contributed by atoms with Crippen molar-refractivity contribution in [3.63, 3.8) is 0 Å². The van der Waals surface area contributed by atoms with Crippen molar-refractivity contribution in [1.29, 1.82) is 0 Å². The van der Waals surface area contributed by atoms with Crippen LogP contribution in [0.5, 0.6) is 0 Å². The first-order chi connectivity index (χ1) is 8.41. The zero-order chi connectivity index (χ0) is 13.6. The van der Waals surface area contributed by atoms with Crippen molar-refractivity contribution in [3.05, 3.63) is 30.3 Å². The Kier molecular flexibility index (Phi) is 5.63. The maximum Gasteiger partial charge on any atom is 0.0741 e. The van der Waals surface area contributed by atoms with Crippen LogP contribution in [0, 0.1) is 0 Å². The molecule has 3 nitrogen and oxygen atoms in total. The van der Waals surface area contributed by atoms with Gasteiger partial charge in [-0.2, -0.15) is 0 Å². The minimum absolute atomic E-state index is 0.111. The van der Waals surface area contributed by atoms with Gasteiger partial charge < -0.3 is 15.3 Å². The minimum Gasteiger partial charge on any atom is -0.389 e. The van der Waals surface area contributed by atoms with Crippen LogP contribution in [0.15, 0.2) is 30.3 Å². The van der Waals surface area contributed by atoms with E-state index in [1.807, 2.05) is 26.8 Å². The molecule has 0 aromatic heterocycles. The third-order valence-corrected chi connectivity index (χ3v) is 3.38. The molecule has 0 aliphatic rings. The number of anilines is 1. The fourth-order valence-corrected chi connectivity index (χ4v) is 1.70. The third kappa shape index (κ3) is 5.07. The second kappa shape index (κ2) is 6.76. The highest BCUT2D eigenvalue weighted by Crippen LogP contribution is 2.11. The Balaban J connectivity index is 2.23. The van der Waals surface area contributed by atoms with Crippen LogP contribution in [0.2, 0.25) is 0 Å². The van der Waals surface area contributed by atoms with E-state index in [0.29, 0.717) is 0 Å². The Morgan fingerprint density at radius 3 is 2.44 bits per heavy atom. The molecule has 0 spiro atoms. The van der Waals surface area contributed by atoms with Gasteiger partial charge in [0.25, 0.3) is 0 Å². The van der Waals surface area contributed by atoms with Crippen LogP contribution in [-0.2, 0) is 0 Å². The van der Waals surface area contributed by atoms with Crippen molar-refractivity contribution >= 4 is 5.69 Å². The molecular formula is C15H26N2O. The number of para-hydroxylation sites is 1. The molecule has 1 aromatic rings. The molecule has 0 aliphatic carbocycles. The monoisotopic (exact) mass is 250 g/mol. The summed E-state index contributed by atoms with van der Waals surface area (Å²) in [6.07, 6.45) is 1.06. The van der Waals surface area contributed by atoms with Gasteiger partial charge >= 0.3 is 0 Å². The zero-order valence-corrected chi connectivity index (χ0v) is 12.0. The number of rotatable bonds is 7. The summed E-state index contributed by atoms with van der Waals surface area (Å²) in [4.78, 5) is 2.25. The van der Waals surface area contributed by atoms with E-state index in [4.69, 9.17) is 0 Å². The highest BCUT2D eigenvalue weighted by Gasteiger charge is 2.20. The lowest BCUT2D eigenvalue weighted by Crippen LogP contribution is -2.45. The van der Waals surface area contributed by atoms with Crippen molar-refractivity contribution < 1.29 is 5.11 Å². The average molecular weight is 250 g/mol. The lowest BCUT2D eigenvalue weighted by atomic mass is 10.0. The standard InChI is InChI=1S/C15H26N2O/c1-13(15(2,3)18)16-11-8-12-17(4)14-9-6-5-7-10-14/h5-7,9-10,13,16,18H,8,11-12H2,1-4H3. The predicted octanol–water partition coefficient (Wildman–Crippen LogP) is 2.26. The van der Waals surface area contributed by atoms with E-state index in [1.54, 1.807) is 0 Å². The molecule has 0 aliphatic heterocycles. The van der Waals surface area contributed by atoms with Gasteiger partial charge in [0.05, 0.1) is 5.60 Å². The summed E-state index contributed by atoms with van der Waals surface area (Å²) in [5.41, 5.74) is 0.582. The summed E-state index contributed by atoms with van der Waals surface area (Å²) in [7, 11) is 2.11. The fraction of sp³-hybridized carbons (Fsp3) is 0.600. The van der Waals surface area contributed by atoms with Gasteiger partial charge in [0.2, 0.25) is 0 Å². The number of benzene rings is 1. The van der Waals surface area contributed by atoms with Crippen LogP contribution in [-0.4, -0.2) is 36.9 Å². The number of hydrogen-bond acceptors (Lipinski definition) is 3. The Hall–Kier alpha value is -1.06. The van der Waals surface area contributed by atoms with Gasteiger partial charge in [-0.05, 0) is 45.9 Å². The van der Waals surface area contributed by atoms with Crippen molar-refractivity contribution in [2.45, 2.75) is 38.8 Å². The number of nitrogens with zero attached hydrogens (tertiary/aromatic N) is 1. The lowest BCUT2D eigenvalue weighted by molar-refractivity contribution is 0.0444. The molecule has 102 valence electrons. The molecule has 0 saturated heterocycles. The van der Waals surface area contributed by atoms with E-state index in [1.165, 1.54) is 5.69 Å². The van der Waals surface area contributed by atoms with E-state index < -0.39 is 5.60 Å². The largest absolute Gasteiger partial charge is 0.389 e. The second-order valence-electron chi connectivity index (χ2n) is 5.44. The van der Waals surface area contributed by atoms with Gasteiger partial charge in [-0.1, -0.05) is 18.2 Å². The number of hydrogen-bond donors (Lipinski definition) is 2. The average Bonchev–Trinajstić information content (AvgIpc) is 2.34. The highest BCUT2D eigenvalue weighted by molar-refractivity contribution is 5.44. The highest BCUT2D eigenvalue weighted by atomic mass is 16.3. The molecule has 1 unspecified atom stereocenters. The molecular weight excluding hydrogens is 224 g/mol. The third-order valence-electron chi connectivity index (χ3n) is 3.38. The summed E-state index contributed by atoms with van der Waals surface area (Å²) in [5, 5.41) is 13.2. The maximum absolute atomic E-state index is 9.80. The summed E-state index contributed by atoms with van der Waals surface area (Å²) in [6, 6.07) is 10.5. The van der Waals surface area contributed by atoms with E-state index in [-0.39, 0.29) is 6.04 Å². The summed E-state index contributed by atoms with van der Waals surface area (Å²) >= 11 is 0. The van der Waals surface area contributed by atoms with E-state index in [9.17, 15) is 5.11 Å². The summed E-state index contributed by atoms with van der Waals surface area (Å²) in [6.45, 7) is 7.61. The Morgan fingerprint density at radius 2 is 1.89 bits per heavy atom. The molecule has 3 heteroatoms. The van der Waals surface area contributed by atoms with Crippen LogP contribution in [0.25, 0.3) is 0 Å². The van der Waals surface area contributed by atoms with Gasteiger partial charge in [-0.15, -0.1) is 0 Å². The topological polar surface area (TPSA) is 35.5 Å². The van der Waals surface area contributed by atoms with Gasteiger partial charge in [0.15, 0.2) is 0 Å². The zero-order valence-electron chi connectivity index (χ0n) is 12.0. The smallest absolute Gasteiger partial charge is 0.0741 e. The molecule has 1 atom stereocenters. The molecule has 0 bridgehead atoms. The van der Waals surface area contributed by atoms with Gasteiger partial charge in [-0.25, -0.2) is 0 Å². The quantitative estimate of drug-likeness (QED) is 0.729. The van der Waals surface area contributed by atoms with Crippen molar-refractivity contribution in [3.8, 4) is 0 Å². The van der Waals surface area contributed by atoms with Crippen LogP contribution in [0.1, 0.15) is 27.2 Å². The van der Waals surface area contributed by atoms with Crippen molar-refractivity contribution in [2.24, 2.45) is 0 Å². The minimum atomic E-state index is -0.661. The molecule has 2 N–H and O–H groups in total. The molecule has 0 radical (unpaired) electrons. The molecule has 0 saturated carbocycles. The molecule has 0 amide bonds. The van der Waals surface area contributed by atoms with Gasteiger partial charge in [0.1, 0.15) is 0 Å². The molecule has 1 aromatic carbocycles. The first-order valence-electron chi connectivity index (χ1n) is 6.63.